The van der Waals surface area contributed by atoms with Crippen molar-refractivity contribution in [3.05, 3.63) is 0 Å². The predicted octanol–water partition coefficient (Wildman–Crippen LogP) is -0.0914. The van der Waals surface area contributed by atoms with E-state index in [1.165, 1.54) is 0 Å². The number of carboxylic acid groups (broad SMARTS) is 1. The van der Waals surface area contributed by atoms with Crippen LogP contribution in [0.25, 0.3) is 0 Å². The van der Waals surface area contributed by atoms with E-state index in [-0.39, 0.29) is 0 Å². The number of carbonyl (C=O) groups excluding carboxylic acids is 1. The molecule has 0 N–H and O–H groups in total. The fraction of sp³-hybridized carbons (Fsp3) is 0.667. The van der Waals surface area contributed by atoms with E-state index in [9.17, 15) is 23.1 Å². The maximum absolute atomic E-state index is 11.4. The average Bonchev–Trinajstić information content (AvgIpc) is 1.63. The van der Waals surface area contributed by atoms with Crippen LogP contribution in [0.5, 0.6) is 0 Å². The molecule has 0 heterocycles. The molecule has 0 saturated heterocycles. The van der Waals surface area contributed by atoms with Crippen molar-refractivity contribution in [1.82, 2.24) is 0 Å². The number of carbonyl (C=O) groups is 1. The van der Waals surface area contributed by atoms with Crippen LogP contribution in [0.4, 0.5) is 18.0 Å². The van der Waals surface area contributed by atoms with E-state index in [0.717, 1.165) is 0 Å². The Hall–Kier alpha value is -0.940. The van der Waals surface area contributed by atoms with Gasteiger partial charge in [-0.15, -0.1) is 0 Å². The lowest BCUT2D eigenvalue weighted by Crippen LogP contribution is -2.34. The normalized spacial score (nSPS) is 11.0. The summed E-state index contributed by atoms with van der Waals surface area (Å²) in [7, 11) is 0. The zero-order valence-electron chi connectivity index (χ0n) is 4.07. The summed E-state index contributed by atoms with van der Waals surface area (Å²) in [6.07, 6.45) is -6.71. The molecule has 0 spiro atoms. The first-order chi connectivity index (χ1) is 3.98. The number of rotatable bonds is 2. The summed E-state index contributed by atoms with van der Waals surface area (Å²) >= 11 is 0. The Bertz CT molecular complexity index is 113. The zero-order chi connectivity index (χ0) is 7.49. The predicted molar refractivity (Wildman–Crippen MR) is 17.4 cm³/mol. The van der Waals surface area contributed by atoms with E-state index in [2.05, 4.69) is 4.74 Å². The second-order valence-electron chi connectivity index (χ2n) is 1.12. The van der Waals surface area contributed by atoms with Crippen molar-refractivity contribution >= 4 is 6.16 Å². The van der Waals surface area contributed by atoms with Gasteiger partial charge in [-0.25, -0.2) is 4.39 Å². The van der Waals surface area contributed by atoms with Gasteiger partial charge in [0.05, 0.1) is 0 Å². The Kier molecular flexibility index (Phi) is 2.29. The summed E-state index contributed by atoms with van der Waals surface area (Å²) in [5, 5.41) is 9.19. The lowest BCUT2D eigenvalue weighted by molar-refractivity contribution is -0.329. The first-order valence-electron chi connectivity index (χ1n) is 1.82. The molecule has 0 aliphatic heterocycles. The van der Waals surface area contributed by atoms with Crippen LogP contribution in [0.3, 0.4) is 0 Å². The van der Waals surface area contributed by atoms with Gasteiger partial charge in [-0.2, -0.15) is 8.78 Å². The van der Waals surface area contributed by atoms with Crippen LogP contribution in [0.15, 0.2) is 0 Å². The Morgan fingerprint density at radius 3 is 2.22 bits per heavy atom. The van der Waals surface area contributed by atoms with Crippen LogP contribution in [-0.4, -0.2) is 18.9 Å². The van der Waals surface area contributed by atoms with Gasteiger partial charge < -0.3 is 14.6 Å². The number of halogens is 3. The first kappa shape index (κ1) is 8.06. The number of hydrogen-bond acceptors (Lipinski definition) is 3. The van der Waals surface area contributed by atoms with E-state index < -0.39 is 18.9 Å². The van der Waals surface area contributed by atoms with Crippen LogP contribution in [0.2, 0.25) is 0 Å². The first-order valence-corrected chi connectivity index (χ1v) is 1.82. The minimum Gasteiger partial charge on any atom is -0.488 e. The zero-order valence-corrected chi connectivity index (χ0v) is 4.07. The van der Waals surface area contributed by atoms with E-state index in [1.54, 1.807) is 0 Å². The second kappa shape index (κ2) is 2.56. The lowest BCUT2D eigenvalue weighted by Gasteiger charge is -2.16. The maximum Gasteiger partial charge on any atom is 0.367 e. The second-order valence-corrected chi connectivity index (χ2v) is 1.12. The Morgan fingerprint density at radius 2 is 2.11 bits per heavy atom. The topological polar surface area (TPSA) is 49.4 Å². The molecule has 0 fully saturated rings. The molecular weight excluding hydrogens is 141 g/mol. The highest BCUT2D eigenvalue weighted by Crippen LogP contribution is 2.14. The molecule has 6 heteroatoms. The molecule has 0 bridgehead atoms. The molecular formula is C3H2F3O3-. The van der Waals surface area contributed by atoms with Crippen molar-refractivity contribution in [3.63, 3.8) is 0 Å². The highest BCUT2D eigenvalue weighted by molar-refractivity contribution is 5.54. The minimum absolute atomic E-state index is 2.18. The molecule has 0 aliphatic carbocycles. The molecule has 0 rings (SSSR count). The lowest BCUT2D eigenvalue weighted by atomic mass is 10.7. The van der Waals surface area contributed by atoms with Gasteiger partial charge in [0.25, 0.3) is 6.16 Å². The summed E-state index contributed by atoms with van der Waals surface area (Å²) in [4.78, 5) is 9.19. The van der Waals surface area contributed by atoms with Crippen molar-refractivity contribution in [2.75, 3.05) is 6.67 Å². The van der Waals surface area contributed by atoms with E-state index in [0.29, 0.717) is 0 Å². The Balaban J connectivity index is 3.71. The van der Waals surface area contributed by atoms with Crippen molar-refractivity contribution in [3.8, 4) is 0 Å². The van der Waals surface area contributed by atoms with Gasteiger partial charge in [0, 0.05) is 0 Å². The third-order valence-electron chi connectivity index (χ3n) is 0.388. The molecule has 0 unspecified atom stereocenters. The van der Waals surface area contributed by atoms with Gasteiger partial charge in [-0.05, 0) is 0 Å². The van der Waals surface area contributed by atoms with Crippen molar-refractivity contribution in [2.24, 2.45) is 0 Å². The van der Waals surface area contributed by atoms with Crippen LogP contribution in [0.1, 0.15) is 0 Å². The SMILES string of the molecule is O=C([O-])OC(F)(F)CF. The molecule has 0 atom stereocenters. The monoisotopic (exact) mass is 143 g/mol. The van der Waals surface area contributed by atoms with E-state index in [1.807, 2.05) is 0 Å². The third-order valence-corrected chi connectivity index (χ3v) is 0.388. The van der Waals surface area contributed by atoms with Gasteiger partial charge in [-0.3, -0.25) is 0 Å². The number of ether oxygens (including phenoxy) is 1. The van der Waals surface area contributed by atoms with Crippen LogP contribution in [-0.2, 0) is 4.74 Å². The van der Waals surface area contributed by atoms with Gasteiger partial charge in [-0.1, -0.05) is 0 Å². The third kappa shape index (κ3) is 3.63. The number of hydrogen-bond donors (Lipinski definition) is 0. The standard InChI is InChI=1S/C3H3F3O3/c4-1-3(5,6)9-2(7)8/h1H2,(H,7,8)/p-1. The van der Waals surface area contributed by atoms with Gasteiger partial charge in [0.2, 0.25) is 0 Å². The smallest absolute Gasteiger partial charge is 0.367 e. The molecule has 9 heavy (non-hydrogen) atoms. The van der Waals surface area contributed by atoms with Crippen LogP contribution in [0, 0.1) is 0 Å². The van der Waals surface area contributed by atoms with Gasteiger partial charge >= 0.3 is 6.11 Å². The largest absolute Gasteiger partial charge is 0.488 e. The van der Waals surface area contributed by atoms with Gasteiger partial charge in [0.1, 0.15) is 0 Å². The van der Waals surface area contributed by atoms with Crippen molar-refractivity contribution < 1.29 is 27.8 Å². The fourth-order valence-corrected chi connectivity index (χ4v) is 0.149. The highest BCUT2D eigenvalue weighted by atomic mass is 19.3. The summed E-state index contributed by atoms with van der Waals surface area (Å²) in [5.74, 6) is 0. The molecule has 54 valence electrons. The summed E-state index contributed by atoms with van der Waals surface area (Å²) in [6.45, 7) is -2.18. The Morgan fingerprint density at radius 1 is 1.67 bits per heavy atom. The Labute approximate surface area is 48.0 Å². The van der Waals surface area contributed by atoms with Crippen molar-refractivity contribution in [2.45, 2.75) is 6.11 Å². The summed E-state index contributed by atoms with van der Waals surface area (Å²) in [6, 6.07) is 0. The van der Waals surface area contributed by atoms with Crippen LogP contribution < -0.4 is 5.11 Å². The van der Waals surface area contributed by atoms with Crippen molar-refractivity contribution in [1.29, 1.82) is 0 Å². The molecule has 0 amide bonds. The molecule has 0 aliphatic rings. The summed E-state index contributed by atoms with van der Waals surface area (Å²) in [5.41, 5.74) is 0. The maximum atomic E-state index is 11.4. The van der Waals surface area contributed by atoms with Crippen LogP contribution >= 0.6 is 0 Å². The molecule has 0 aromatic carbocycles. The average molecular weight is 143 g/mol. The molecule has 0 aromatic rings. The number of alkyl halides is 3. The molecule has 0 saturated carbocycles. The highest BCUT2D eigenvalue weighted by Gasteiger charge is 2.27. The molecule has 0 radical (unpaired) electrons. The summed E-state index contributed by atoms with van der Waals surface area (Å²) < 4.78 is 36.4. The van der Waals surface area contributed by atoms with E-state index >= 15 is 0 Å². The molecule has 3 nitrogen and oxygen atoms in total. The van der Waals surface area contributed by atoms with E-state index in [4.69, 9.17) is 0 Å². The molecule has 0 aromatic heterocycles. The minimum atomic E-state index is -4.27. The van der Waals surface area contributed by atoms with Gasteiger partial charge in [0.15, 0.2) is 6.67 Å². The fourth-order valence-electron chi connectivity index (χ4n) is 0.149. The quantitative estimate of drug-likeness (QED) is 0.507.